The highest BCUT2D eigenvalue weighted by Gasteiger charge is 2.43. The number of benzene rings is 2. The monoisotopic (exact) mass is 498 g/mol. The molecule has 1 N–H and O–H groups in total. The van der Waals surface area contributed by atoms with Crippen molar-refractivity contribution in [2.24, 2.45) is 5.92 Å². The van der Waals surface area contributed by atoms with E-state index in [2.05, 4.69) is 21.0 Å². The fourth-order valence-corrected chi connectivity index (χ4v) is 5.17. The molecule has 1 aromatic heterocycles. The first kappa shape index (κ1) is 23.0. The molecule has 0 unspecified atom stereocenters. The number of aryl methyl sites for hydroxylation is 2. The van der Waals surface area contributed by atoms with Gasteiger partial charge in [0, 0.05) is 31.7 Å². The lowest BCUT2D eigenvalue weighted by molar-refractivity contribution is -0.286. The second-order valence-corrected chi connectivity index (χ2v) is 9.80. The molecule has 3 aliphatic rings. The van der Waals surface area contributed by atoms with Gasteiger partial charge in [0.1, 0.15) is 0 Å². The van der Waals surface area contributed by atoms with E-state index >= 15 is 0 Å². The summed E-state index contributed by atoms with van der Waals surface area (Å²) in [7, 11) is 0. The van der Waals surface area contributed by atoms with Gasteiger partial charge in [0.2, 0.25) is 11.9 Å². The summed E-state index contributed by atoms with van der Waals surface area (Å²) in [5, 5.41) is 3.11. The zero-order valence-corrected chi connectivity index (χ0v) is 20.2. The largest absolute Gasteiger partial charge is 0.586 e. The normalized spacial score (nSPS) is 21.3. The summed E-state index contributed by atoms with van der Waals surface area (Å²) in [6.07, 6.45) is -1.42. The lowest BCUT2D eigenvalue weighted by atomic mass is 9.95. The van der Waals surface area contributed by atoms with Gasteiger partial charge in [0.15, 0.2) is 11.5 Å². The van der Waals surface area contributed by atoms with Gasteiger partial charge in [-0.2, -0.15) is 0 Å². The molecule has 0 bridgehead atoms. The Morgan fingerprint density at radius 3 is 2.56 bits per heavy atom. The van der Waals surface area contributed by atoms with Crippen LogP contribution in [-0.2, 0) is 9.53 Å². The Morgan fingerprint density at radius 1 is 1.06 bits per heavy atom. The number of alkyl halides is 2. The van der Waals surface area contributed by atoms with Gasteiger partial charge in [-0.25, -0.2) is 4.98 Å². The summed E-state index contributed by atoms with van der Waals surface area (Å²) >= 11 is 0. The standard InChI is InChI=1S/C26H28F2N4O4/c1-15-11-20-21(12-16(15)2)32(19-3-4-22-23(13-19)36-26(27,28)35-22)25(30-20)31-8-5-17(6-9-31)24(33)29-18-7-10-34-14-18/h3-4,11-13,17-18H,5-10,14H2,1-2H3,(H,29,33)/t18-/m1/s1. The lowest BCUT2D eigenvalue weighted by Crippen LogP contribution is -2.44. The van der Waals surface area contributed by atoms with Crippen LogP contribution in [0.4, 0.5) is 14.7 Å². The van der Waals surface area contributed by atoms with Crippen LogP contribution in [0.3, 0.4) is 0 Å². The SMILES string of the molecule is Cc1cc2nc(N3CCC(C(=O)N[C@@H]4CCOC4)CC3)n(-c3ccc4c(c3)OC(F)(F)O4)c2cc1C. The number of halogens is 2. The topological polar surface area (TPSA) is 77.9 Å². The second-order valence-electron chi connectivity index (χ2n) is 9.80. The van der Waals surface area contributed by atoms with Crippen LogP contribution in [0.5, 0.6) is 11.5 Å². The molecular formula is C26H28F2N4O4. The molecular weight excluding hydrogens is 470 g/mol. The number of hydrogen-bond donors (Lipinski definition) is 1. The van der Waals surface area contributed by atoms with E-state index in [1.165, 1.54) is 6.07 Å². The fourth-order valence-electron chi connectivity index (χ4n) is 5.17. The predicted molar refractivity (Wildman–Crippen MR) is 129 cm³/mol. The first-order chi connectivity index (χ1) is 17.3. The highest BCUT2D eigenvalue weighted by Crippen LogP contribution is 2.43. The Kier molecular flexibility index (Phi) is 5.51. The fraction of sp³-hybridized carbons (Fsp3) is 0.462. The molecule has 2 aromatic carbocycles. The molecule has 10 heteroatoms. The number of hydrogen-bond acceptors (Lipinski definition) is 6. The van der Waals surface area contributed by atoms with Crippen LogP contribution in [0.25, 0.3) is 16.7 Å². The highest BCUT2D eigenvalue weighted by atomic mass is 19.3. The summed E-state index contributed by atoms with van der Waals surface area (Å²) in [6.45, 7) is 6.65. The first-order valence-corrected chi connectivity index (χ1v) is 12.3. The van der Waals surface area contributed by atoms with E-state index in [9.17, 15) is 13.6 Å². The van der Waals surface area contributed by atoms with Crippen molar-refractivity contribution in [3.8, 4) is 17.2 Å². The van der Waals surface area contributed by atoms with Crippen molar-refractivity contribution >= 4 is 22.9 Å². The van der Waals surface area contributed by atoms with Crippen molar-refractivity contribution in [2.45, 2.75) is 45.4 Å². The summed E-state index contributed by atoms with van der Waals surface area (Å²) in [6, 6.07) is 8.98. The zero-order chi connectivity index (χ0) is 25.0. The van der Waals surface area contributed by atoms with Crippen LogP contribution in [0.2, 0.25) is 0 Å². The van der Waals surface area contributed by atoms with Crippen LogP contribution in [0.1, 0.15) is 30.4 Å². The number of nitrogens with zero attached hydrogens (tertiary/aromatic N) is 3. The number of rotatable bonds is 4. The molecule has 190 valence electrons. The van der Waals surface area contributed by atoms with Crippen molar-refractivity contribution in [2.75, 3.05) is 31.2 Å². The number of nitrogens with one attached hydrogen (secondary N) is 1. The Labute approximate surface area is 207 Å². The Balaban J connectivity index is 1.31. The molecule has 0 spiro atoms. The number of aromatic nitrogens is 2. The van der Waals surface area contributed by atoms with Crippen LogP contribution < -0.4 is 19.7 Å². The van der Waals surface area contributed by atoms with Gasteiger partial charge in [-0.15, -0.1) is 8.78 Å². The average Bonchev–Trinajstić information content (AvgIpc) is 3.55. The van der Waals surface area contributed by atoms with Gasteiger partial charge in [-0.3, -0.25) is 9.36 Å². The first-order valence-electron chi connectivity index (χ1n) is 12.3. The molecule has 1 amide bonds. The smallest absolute Gasteiger partial charge is 0.395 e. The maximum absolute atomic E-state index is 13.6. The number of amides is 1. The number of fused-ring (bicyclic) bond motifs is 2. The van der Waals surface area contributed by atoms with E-state index in [0.29, 0.717) is 50.8 Å². The molecule has 3 aliphatic heterocycles. The summed E-state index contributed by atoms with van der Waals surface area (Å²) < 4.78 is 43.9. The third-order valence-electron chi connectivity index (χ3n) is 7.32. The lowest BCUT2D eigenvalue weighted by Gasteiger charge is -2.32. The van der Waals surface area contributed by atoms with Gasteiger partial charge in [-0.1, -0.05) is 0 Å². The number of anilines is 1. The molecule has 2 fully saturated rings. The molecule has 2 saturated heterocycles. The second kappa shape index (κ2) is 8.62. The van der Waals surface area contributed by atoms with Gasteiger partial charge in [0.05, 0.1) is 29.4 Å². The van der Waals surface area contributed by atoms with Crippen LogP contribution in [-0.4, -0.2) is 54.1 Å². The van der Waals surface area contributed by atoms with Gasteiger partial charge >= 0.3 is 6.29 Å². The predicted octanol–water partition coefficient (Wildman–Crippen LogP) is 4.09. The van der Waals surface area contributed by atoms with Crippen molar-refractivity contribution in [1.82, 2.24) is 14.9 Å². The average molecular weight is 499 g/mol. The summed E-state index contributed by atoms with van der Waals surface area (Å²) in [5.41, 5.74) is 4.57. The van der Waals surface area contributed by atoms with Crippen LogP contribution >= 0.6 is 0 Å². The third-order valence-corrected chi connectivity index (χ3v) is 7.32. The number of carbonyl (C=O) groups excluding carboxylic acids is 1. The van der Waals surface area contributed by atoms with E-state index in [4.69, 9.17) is 14.5 Å². The molecule has 1 atom stereocenters. The van der Waals surface area contributed by atoms with E-state index < -0.39 is 6.29 Å². The zero-order valence-electron chi connectivity index (χ0n) is 20.2. The van der Waals surface area contributed by atoms with Crippen molar-refractivity contribution in [1.29, 1.82) is 0 Å². The molecule has 3 aromatic rings. The van der Waals surface area contributed by atoms with Crippen molar-refractivity contribution < 1.29 is 27.8 Å². The molecule has 8 nitrogen and oxygen atoms in total. The molecule has 36 heavy (non-hydrogen) atoms. The van der Waals surface area contributed by atoms with Gasteiger partial charge in [-0.05, 0) is 68.5 Å². The molecule has 4 heterocycles. The minimum absolute atomic E-state index is 0.00114. The Hall–Kier alpha value is -3.40. The van der Waals surface area contributed by atoms with E-state index in [1.807, 2.05) is 24.5 Å². The summed E-state index contributed by atoms with van der Waals surface area (Å²) in [4.78, 5) is 19.9. The Bertz CT molecular complexity index is 1330. The molecule has 0 saturated carbocycles. The number of ether oxygens (including phenoxy) is 3. The van der Waals surface area contributed by atoms with E-state index in [-0.39, 0.29) is 29.4 Å². The highest BCUT2D eigenvalue weighted by molar-refractivity contribution is 5.84. The van der Waals surface area contributed by atoms with Gasteiger partial charge < -0.3 is 24.4 Å². The Morgan fingerprint density at radius 2 is 1.81 bits per heavy atom. The molecule has 0 aliphatic carbocycles. The van der Waals surface area contributed by atoms with Crippen LogP contribution in [0.15, 0.2) is 30.3 Å². The maximum atomic E-state index is 13.6. The minimum atomic E-state index is -3.68. The van der Waals surface area contributed by atoms with Crippen LogP contribution in [0, 0.1) is 19.8 Å². The van der Waals surface area contributed by atoms with Crippen molar-refractivity contribution in [3.63, 3.8) is 0 Å². The minimum Gasteiger partial charge on any atom is -0.395 e. The third kappa shape index (κ3) is 4.13. The maximum Gasteiger partial charge on any atom is 0.586 e. The number of imidazole rings is 1. The van der Waals surface area contributed by atoms with E-state index in [1.54, 1.807) is 12.1 Å². The van der Waals surface area contributed by atoms with Gasteiger partial charge in [0.25, 0.3) is 0 Å². The number of piperidine rings is 1. The summed E-state index contributed by atoms with van der Waals surface area (Å²) in [5.74, 6) is 0.726. The van der Waals surface area contributed by atoms with E-state index in [0.717, 1.165) is 28.6 Å². The quantitative estimate of drug-likeness (QED) is 0.584. The molecule has 6 rings (SSSR count). The van der Waals surface area contributed by atoms with Crippen molar-refractivity contribution in [3.05, 3.63) is 41.5 Å². The number of carbonyl (C=O) groups is 1. The molecule has 0 radical (unpaired) electrons.